The summed E-state index contributed by atoms with van der Waals surface area (Å²) in [6.07, 6.45) is 2.54. The minimum atomic E-state index is 0.850. The molecular formula is C12H24N2O2. The van der Waals surface area contributed by atoms with E-state index in [0.717, 1.165) is 52.0 Å². The predicted molar refractivity (Wildman–Crippen MR) is 63.7 cm³/mol. The van der Waals surface area contributed by atoms with Gasteiger partial charge in [-0.3, -0.25) is 4.90 Å². The van der Waals surface area contributed by atoms with Crippen molar-refractivity contribution in [3.63, 3.8) is 0 Å². The Balaban J connectivity index is 1.42. The van der Waals surface area contributed by atoms with Gasteiger partial charge in [-0.15, -0.1) is 0 Å². The number of nitrogens with zero attached hydrogens (tertiary/aromatic N) is 1. The van der Waals surface area contributed by atoms with Crippen molar-refractivity contribution in [1.29, 1.82) is 0 Å². The summed E-state index contributed by atoms with van der Waals surface area (Å²) in [5.41, 5.74) is 0. The van der Waals surface area contributed by atoms with Crippen LogP contribution in [0.1, 0.15) is 12.8 Å². The molecule has 0 aromatic rings. The molecule has 4 heteroatoms. The van der Waals surface area contributed by atoms with Gasteiger partial charge in [0, 0.05) is 26.2 Å². The quantitative estimate of drug-likeness (QED) is 0.665. The van der Waals surface area contributed by atoms with E-state index in [4.69, 9.17) is 9.47 Å². The average molecular weight is 228 g/mol. The van der Waals surface area contributed by atoms with Gasteiger partial charge in [-0.1, -0.05) is 0 Å². The Morgan fingerprint density at radius 1 is 1.25 bits per heavy atom. The summed E-state index contributed by atoms with van der Waals surface area (Å²) >= 11 is 0. The molecule has 2 heterocycles. The first kappa shape index (κ1) is 12.3. The summed E-state index contributed by atoms with van der Waals surface area (Å²) in [4.78, 5) is 2.42. The van der Waals surface area contributed by atoms with Crippen molar-refractivity contribution < 1.29 is 9.47 Å². The zero-order valence-electron chi connectivity index (χ0n) is 10.1. The molecule has 0 spiro atoms. The topological polar surface area (TPSA) is 33.7 Å². The van der Waals surface area contributed by atoms with Gasteiger partial charge in [0.05, 0.1) is 19.8 Å². The number of hydrogen-bond acceptors (Lipinski definition) is 4. The second-order valence-electron chi connectivity index (χ2n) is 4.71. The summed E-state index contributed by atoms with van der Waals surface area (Å²) in [6.45, 7) is 9.14. The van der Waals surface area contributed by atoms with Crippen molar-refractivity contribution in [2.45, 2.75) is 12.8 Å². The molecule has 2 rings (SSSR count). The first-order valence-electron chi connectivity index (χ1n) is 6.54. The van der Waals surface area contributed by atoms with Crippen LogP contribution in [0, 0.1) is 5.92 Å². The molecule has 94 valence electrons. The molecule has 1 unspecified atom stereocenters. The third kappa shape index (κ3) is 4.37. The Morgan fingerprint density at radius 2 is 2.12 bits per heavy atom. The van der Waals surface area contributed by atoms with Crippen molar-refractivity contribution >= 4 is 0 Å². The van der Waals surface area contributed by atoms with Crippen molar-refractivity contribution in [2.75, 3.05) is 59.2 Å². The maximum atomic E-state index is 5.69. The van der Waals surface area contributed by atoms with E-state index < -0.39 is 0 Å². The van der Waals surface area contributed by atoms with Crippen LogP contribution in [0.15, 0.2) is 0 Å². The minimum Gasteiger partial charge on any atom is -0.380 e. The third-order valence-corrected chi connectivity index (χ3v) is 3.49. The van der Waals surface area contributed by atoms with E-state index in [9.17, 15) is 0 Å². The zero-order valence-corrected chi connectivity index (χ0v) is 10.1. The summed E-state index contributed by atoms with van der Waals surface area (Å²) in [5, 5.41) is 3.39. The average Bonchev–Trinajstić information content (AvgIpc) is 2.83. The number of ether oxygens (including phenoxy) is 2. The highest BCUT2D eigenvalue weighted by Crippen LogP contribution is 2.11. The second kappa shape index (κ2) is 7.22. The number of morpholine rings is 1. The van der Waals surface area contributed by atoms with Gasteiger partial charge in [-0.05, 0) is 31.8 Å². The molecular weight excluding hydrogens is 204 g/mol. The van der Waals surface area contributed by atoms with Crippen LogP contribution in [0.4, 0.5) is 0 Å². The first-order chi connectivity index (χ1) is 7.95. The summed E-state index contributed by atoms with van der Waals surface area (Å²) in [5.74, 6) is 0.850. The van der Waals surface area contributed by atoms with Gasteiger partial charge >= 0.3 is 0 Å². The molecule has 4 nitrogen and oxygen atoms in total. The van der Waals surface area contributed by atoms with Gasteiger partial charge in [0.1, 0.15) is 0 Å². The van der Waals surface area contributed by atoms with Crippen LogP contribution in [0.5, 0.6) is 0 Å². The van der Waals surface area contributed by atoms with Crippen molar-refractivity contribution in [3.05, 3.63) is 0 Å². The van der Waals surface area contributed by atoms with Crippen LogP contribution >= 0.6 is 0 Å². The van der Waals surface area contributed by atoms with Gasteiger partial charge in [0.15, 0.2) is 0 Å². The lowest BCUT2D eigenvalue weighted by Crippen LogP contribution is -2.38. The lowest BCUT2D eigenvalue weighted by Gasteiger charge is -2.26. The lowest BCUT2D eigenvalue weighted by atomic mass is 10.1. The van der Waals surface area contributed by atoms with E-state index in [1.165, 1.54) is 25.9 Å². The molecule has 0 amide bonds. The fourth-order valence-corrected chi connectivity index (χ4v) is 2.33. The summed E-state index contributed by atoms with van der Waals surface area (Å²) in [7, 11) is 0. The van der Waals surface area contributed by atoms with Gasteiger partial charge in [0.25, 0.3) is 0 Å². The van der Waals surface area contributed by atoms with Crippen LogP contribution in [0.2, 0.25) is 0 Å². The van der Waals surface area contributed by atoms with Gasteiger partial charge in [0.2, 0.25) is 0 Å². The Bertz CT molecular complexity index is 178. The first-order valence-corrected chi connectivity index (χ1v) is 6.54. The second-order valence-corrected chi connectivity index (χ2v) is 4.71. The molecule has 0 aliphatic carbocycles. The molecule has 16 heavy (non-hydrogen) atoms. The molecule has 1 atom stereocenters. The number of rotatable bonds is 6. The lowest BCUT2D eigenvalue weighted by molar-refractivity contribution is 0.0192. The molecule has 2 aliphatic rings. The normalized spacial score (nSPS) is 27.4. The highest BCUT2D eigenvalue weighted by Gasteiger charge is 2.14. The van der Waals surface area contributed by atoms with Crippen LogP contribution in [0.25, 0.3) is 0 Å². The van der Waals surface area contributed by atoms with Gasteiger partial charge in [-0.25, -0.2) is 0 Å². The largest absolute Gasteiger partial charge is 0.380 e. The smallest absolute Gasteiger partial charge is 0.0594 e. The van der Waals surface area contributed by atoms with Crippen LogP contribution in [0.3, 0.4) is 0 Å². The molecule has 2 aliphatic heterocycles. The molecule has 0 aromatic heterocycles. The maximum absolute atomic E-state index is 5.69. The van der Waals surface area contributed by atoms with E-state index in [1.54, 1.807) is 0 Å². The molecule has 1 N–H and O–H groups in total. The number of nitrogens with one attached hydrogen (secondary N) is 1. The number of hydrogen-bond donors (Lipinski definition) is 1. The van der Waals surface area contributed by atoms with Crippen LogP contribution < -0.4 is 5.32 Å². The van der Waals surface area contributed by atoms with Crippen molar-refractivity contribution in [3.8, 4) is 0 Å². The van der Waals surface area contributed by atoms with Crippen LogP contribution in [-0.2, 0) is 9.47 Å². The fourth-order valence-electron chi connectivity index (χ4n) is 2.33. The third-order valence-electron chi connectivity index (χ3n) is 3.49. The SMILES string of the molecule is C1CC(CCOCCN2CCOCC2)CN1. The summed E-state index contributed by atoms with van der Waals surface area (Å²) < 4.78 is 11.0. The van der Waals surface area contributed by atoms with E-state index in [1.807, 2.05) is 0 Å². The van der Waals surface area contributed by atoms with E-state index in [-0.39, 0.29) is 0 Å². The molecule has 2 fully saturated rings. The highest BCUT2D eigenvalue weighted by molar-refractivity contribution is 4.70. The monoisotopic (exact) mass is 228 g/mol. The molecule has 2 saturated heterocycles. The minimum absolute atomic E-state index is 0.850. The summed E-state index contributed by atoms with van der Waals surface area (Å²) in [6, 6.07) is 0. The highest BCUT2D eigenvalue weighted by atomic mass is 16.5. The molecule has 0 radical (unpaired) electrons. The molecule has 0 bridgehead atoms. The van der Waals surface area contributed by atoms with Gasteiger partial charge < -0.3 is 14.8 Å². The standard InChI is InChI=1S/C12H24N2O2/c1-3-13-11-12(1)2-7-15-8-4-14-5-9-16-10-6-14/h12-13H,1-11H2. The van der Waals surface area contributed by atoms with E-state index in [2.05, 4.69) is 10.2 Å². The zero-order chi connectivity index (χ0) is 11.1. The Hall–Kier alpha value is -0.160. The molecule has 0 aromatic carbocycles. The fraction of sp³-hybridized carbons (Fsp3) is 1.00. The van der Waals surface area contributed by atoms with Crippen molar-refractivity contribution in [2.24, 2.45) is 5.92 Å². The van der Waals surface area contributed by atoms with E-state index in [0.29, 0.717) is 0 Å². The molecule has 0 saturated carbocycles. The predicted octanol–water partition coefficient (Wildman–Crippen LogP) is 0.335. The Morgan fingerprint density at radius 3 is 2.88 bits per heavy atom. The Kier molecular flexibility index (Phi) is 5.55. The van der Waals surface area contributed by atoms with Crippen LogP contribution in [-0.4, -0.2) is 64.1 Å². The maximum Gasteiger partial charge on any atom is 0.0594 e. The van der Waals surface area contributed by atoms with Crippen molar-refractivity contribution in [1.82, 2.24) is 10.2 Å². The van der Waals surface area contributed by atoms with Gasteiger partial charge in [-0.2, -0.15) is 0 Å². The van der Waals surface area contributed by atoms with E-state index >= 15 is 0 Å². The Labute approximate surface area is 98.3 Å².